The summed E-state index contributed by atoms with van der Waals surface area (Å²) in [5.41, 5.74) is 0.761. The second-order valence-corrected chi connectivity index (χ2v) is 5.68. The van der Waals surface area contributed by atoms with Crippen molar-refractivity contribution in [1.29, 1.82) is 0 Å². The summed E-state index contributed by atoms with van der Waals surface area (Å²) in [6, 6.07) is 3.12. The highest BCUT2D eigenvalue weighted by molar-refractivity contribution is 6.35. The van der Waals surface area contributed by atoms with E-state index in [9.17, 15) is 4.39 Å². The average molecular weight is 278 g/mol. The smallest absolute Gasteiger partial charge is 0.160 e. The van der Waals surface area contributed by atoms with Crippen LogP contribution < -0.4 is 5.32 Å². The Hall–Kier alpha value is -0.470. The van der Waals surface area contributed by atoms with E-state index in [-0.39, 0.29) is 10.0 Å². The maximum absolute atomic E-state index is 13.2. The normalized spacial score (nSPS) is 12.9. The maximum atomic E-state index is 13.2. The molecule has 1 aromatic rings. The lowest BCUT2D eigenvalue weighted by Crippen LogP contribution is -2.13. The molecule has 1 atom stereocenters. The minimum Gasteiger partial charge on any atom is -0.385 e. The highest BCUT2D eigenvalue weighted by Crippen LogP contribution is 2.27. The summed E-state index contributed by atoms with van der Waals surface area (Å²) in [6.07, 6.45) is 1.15. The first-order valence-electron chi connectivity index (χ1n) is 5.78. The number of benzene rings is 1. The third-order valence-electron chi connectivity index (χ3n) is 2.51. The van der Waals surface area contributed by atoms with E-state index in [1.165, 1.54) is 0 Å². The molecule has 1 rings (SSSR count). The summed E-state index contributed by atoms with van der Waals surface area (Å²) in [5.74, 6) is 0.666. The van der Waals surface area contributed by atoms with Crippen molar-refractivity contribution in [1.82, 2.24) is 0 Å². The molecule has 96 valence electrons. The molecule has 4 heteroatoms. The molecule has 0 radical (unpaired) electrons. The second-order valence-electron chi connectivity index (χ2n) is 4.87. The summed E-state index contributed by atoms with van der Waals surface area (Å²) in [5, 5.41) is 3.33. The summed E-state index contributed by atoms with van der Waals surface area (Å²) in [4.78, 5) is 0. The third kappa shape index (κ3) is 4.72. The molecule has 0 spiro atoms. The summed E-state index contributed by atoms with van der Waals surface area (Å²) in [6.45, 7) is 7.40. The molecule has 0 amide bonds. The lowest BCUT2D eigenvalue weighted by Gasteiger charge is -2.16. The van der Waals surface area contributed by atoms with Crippen LogP contribution in [0.4, 0.5) is 10.1 Å². The Morgan fingerprint density at radius 1 is 1.18 bits per heavy atom. The Morgan fingerprint density at radius 2 is 1.71 bits per heavy atom. The van der Waals surface area contributed by atoms with Gasteiger partial charge in [-0.3, -0.25) is 0 Å². The highest BCUT2D eigenvalue weighted by Gasteiger charge is 2.09. The molecule has 0 aromatic heterocycles. The zero-order chi connectivity index (χ0) is 13.0. The van der Waals surface area contributed by atoms with Crippen molar-refractivity contribution >= 4 is 28.9 Å². The number of anilines is 1. The van der Waals surface area contributed by atoms with E-state index in [1.54, 1.807) is 12.1 Å². The van der Waals surface area contributed by atoms with Gasteiger partial charge in [0, 0.05) is 12.2 Å². The Bertz CT molecular complexity index is 357. The van der Waals surface area contributed by atoms with Gasteiger partial charge in [-0.05, 0) is 30.4 Å². The average Bonchev–Trinajstić information content (AvgIpc) is 2.22. The van der Waals surface area contributed by atoms with E-state index in [0.717, 1.165) is 18.7 Å². The molecule has 0 bridgehead atoms. The zero-order valence-electron chi connectivity index (χ0n) is 10.4. The molecule has 0 saturated carbocycles. The minimum absolute atomic E-state index is 0.0523. The van der Waals surface area contributed by atoms with Gasteiger partial charge in [-0.2, -0.15) is 0 Å². The van der Waals surface area contributed by atoms with Crippen LogP contribution in [-0.4, -0.2) is 6.54 Å². The van der Waals surface area contributed by atoms with E-state index < -0.39 is 5.82 Å². The van der Waals surface area contributed by atoms with Crippen LogP contribution in [0, 0.1) is 17.7 Å². The van der Waals surface area contributed by atoms with Gasteiger partial charge in [0.05, 0.1) is 10.0 Å². The van der Waals surface area contributed by atoms with Crippen molar-refractivity contribution < 1.29 is 4.39 Å². The Balaban J connectivity index is 2.58. The predicted octanol–water partition coefficient (Wildman–Crippen LogP) is 5.23. The standard InChI is InChI=1S/C13H18Cl2FN/c1-8(2)4-9(3)7-17-10-5-11(14)13(16)12(15)6-10/h5-6,8-9,17H,4,7H2,1-3H3. The van der Waals surface area contributed by atoms with Gasteiger partial charge in [0.2, 0.25) is 0 Å². The van der Waals surface area contributed by atoms with Crippen LogP contribution in [0.2, 0.25) is 10.0 Å². The SMILES string of the molecule is CC(C)CC(C)CNc1cc(Cl)c(F)c(Cl)c1. The largest absolute Gasteiger partial charge is 0.385 e. The predicted molar refractivity (Wildman–Crippen MR) is 73.5 cm³/mol. The van der Waals surface area contributed by atoms with Crippen LogP contribution in [0.15, 0.2) is 12.1 Å². The van der Waals surface area contributed by atoms with Crippen LogP contribution in [-0.2, 0) is 0 Å². The molecular formula is C13H18Cl2FN. The van der Waals surface area contributed by atoms with Crippen molar-refractivity contribution in [3.63, 3.8) is 0 Å². The minimum atomic E-state index is -0.561. The zero-order valence-corrected chi connectivity index (χ0v) is 11.9. The molecule has 1 N–H and O–H groups in total. The fourth-order valence-corrected chi connectivity index (χ4v) is 2.32. The molecular weight excluding hydrogens is 260 g/mol. The van der Waals surface area contributed by atoms with Gasteiger partial charge in [-0.1, -0.05) is 44.0 Å². The van der Waals surface area contributed by atoms with Gasteiger partial charge in [0.25, 0.3) is 0 Å². The first-order valence-corrected chi connectivity index (χ1v) is 6.54. The van der Waals surface area contributed by atoms with Crippen LogP contribution in [0.3, 0.4) is 0 Å². The number of hydrogen-bond acceptors (Lipinski definition) is 1. The lowest BCUT2D eigenvalue weighted by atomic mass is 9.99. The number of halogens is 3. The molecule has 0 saturated heterocycles. The van der Waals surface area contributed by atoms with E-state index in [0.29, 0.717) is 11.8 Å². The van der Waals surface area contributed by atoms with Crippen molar-refractivity contribution in [3.05, 3.63) is 28.0 Å². The van der Waals surface area contributed by atoms with Crippen molar-refractivity contribution in [2.45, 2.75) is 27.2 Å². The molecule has 1 nitrogen and oxygen atoms in total. The molecule has 0 aliphatic heterocycles. The van der Waals surface area contributed by atoms with E-state index in [1.807, 2.05) is 0 Å². The van der Waals surface area contributed by atoms with Crippen molar-refractivity contribution in [3.8, 4) is 0 Å². The van der Waals surface area contributed by atoms with Crippen LogP contribution >= 0.6 is 23.2 Å². The van der Waals surface area contributed by atoms with E-state index in [2.05, 4.69) is 26.1 Å². The first-order chi connectivity index (χ1) is 7.90. The Morgan fingerprint density at radius 3 is 2.18 bits per heavy atom. The first kappa shape index (κ1) is 14.6. The lowest BCUT2D eigenvalue weighted by molar-refractivity contribution is 0.455. The van der Waals surface area contributed by atoms with Crippen LogP contribution in [0.5, 0.6) is 0 Å². The molecule has 0 aliphatic rings. The van der Waals surface area contributed by atoms with Gasteiger partial charge in [-0.25, -0.2) is 4.39 Å². The quantitative estimate of drug-likeness (QED) is 0.727. The second kappa shape index (κ2) is 6.46. The molecule has 0 aliphatic carbocycles. The number of hydrogen-bond donors (Lipinski definition) is 1. The summed E-state index contributed by atoms with van der Waals surface area (Å²) in [7, 11) is 0. The third-order valence-corrected chi connectivity index (χ3v) is 3.06. The summed E-state index contributed by atoms with van der Waals surface area (Å²) >= 11 is 11.4. The van der Waals surface area contributed by atoms with E-state index >= 15 is 0 Å². The fraction of sp³-hybridized carbons (Fsp3) is 0.538. The number of nitrogens with one attached hydrogen (secondary N) is 1. The number of rotatable bonds is 5. The van der Waals surface area contributed by atoms with E-state index in [4.69, 9.17) is 23.2 Å². The Labute approximate surface area is 112 Å². The van der Waals surface area contributed by atoms with Crippen molar-refractivity contribution in [2.24, 2.45) is 11.8 Å². The molecule has 17 heavy (non-hydrogen) atoms. The fourth-order valence-electron chi connectivity index (χ4n) is 1.84. The molecule has 0 heterocycles. The van der Waals surface area contributed by atoms with Gasteiger partial charge < -0.3 is 5.32 Å². The monoisotopic (exact) mass is 277 g/mol. The summed E-state index contributed by atoms with van der Waals surface area (Å²) < 4.78 is 13.2. The van der Waals surface area contributed by atoms with Gasteiger partial charge in [0.15, 0.2) is 5.82 Å². The molecule has 1 aromatic carbocycles. The highest BCUT2D eigenvalue weighted by atomic mass is 35.5. The van der Waals surface area contributed by atoms with Crippen molar-refractivity contribution in [2.75, 3.05) is 11.9 Å². The van der Waals surface area contributed by atoms with Gasteiger partial charge in [0.1, 0.15) is 0 Å². The topological polar surface area (TPSA) is 12.0 Å². The maximum Gasteiger partial charge on any atom is 0.160 e. The van der Waals surface area contributed by atoms with Crippen LogP contribution in [0.25, 0.3) is 0 Å². The van der Waals surface area contributed by atoms with Gasteiger partial charge in [-0.15, -0.1) is 0 Å². The van der Waals surface area contributed by atoms with Gasteiger partial charge >= 0.3 is 0 Å². The molecule has 1 unspecified atom stereocenters. The van der Waals surface area contributed by atoms with Crippen LogP contribution in [0.1, 0.15) is 27.2 Å². The molecule has 0 fully saturated rings. The Kier molecular flexibility index (Phi) is 5.54.